The van der Waals surface area contributed by atoms with Gasteiger partial charge in [-0.3, -0.25) is 9.69 Å². The van der Waals surface area contributed by atoms with Gasteiger partial charge in [-0.2, -0.15) is 13.2 Å². The Hall–Kier alpha value is -0.860. The second-order valence-electron chi connectivity index (χ2n) is 4.92. The number of hydrogen-bond donors (Lipinski definition) is 2. The van der Waals surface area contributed by atoms with Crippen molar-refractivity contribution in [2.45, 2.75) is 12.2 Å². The Morgan fingerprint density at radius 2 is 2.00 bits per heavy atom. The molecule has 8 heteroatoms. The lowest BCUT2D eigenvalue weighted by atomic mass is 10.2. The molecule has 1 fully saturated rings. The Morgan fingerprint density at radius 1 is 1.32 bits per heavy atom. The van der Waals surface area contributed by atoms with Crippen LogP contribution < -0.4 is 10.6 Å². The molecule has 112 valence electrons. The van der Waals surface area contributed by atoms with E-state index in [4.69, 9.17) is 0 Å². The van der Waals surface area contributed by atoms with Gasteiger partial charge in [0.15, 0.2) is 0 Å². The minimum atomic E-state index is -4.36. The number of piperazine rings is 1. The van der Waals surface area contributed by atoms with Crippen LogP contribution >= 0.6 is 0 Å². The Bertz CT molecular complexity index is 298. The molecule has 2 N–H and O–H groups in total. The summed E-state index contributed by atoms with van der Waals surface area (Å²) < 4.78 is 35.6. The number of hydrogen-bond acceptors (Lipinski definition) is 4. The van der Waals surface area contributed by atoms with Gasteiger partial charge in [0.25, 0.3) is 0 Å². The molecule has 1 aliphatic heterocycles. The fraction of sp³-hybridized carbons (Fsp3) is 0.909. The Kier molecular flexibility index (Phi) is 6.02. The van der Waals surface area contributed by atoms with E-state index in [-0.39, 0.29) is 12.6 Å². The van der Waals surface area contributed by atoms with E-state index in [2.05, 4.69) is 15.1 Å². The van der Waals surface area contributed by atoms with E-state index in [1.165, 1.54) is 0 Å². The first kappa shape index (κ1) is 16.2. The van der Waals surface area contributed by atoms with E-state index < -0.39 is 18.6 Å². The second-order valence-corrected chi connectivity index (χ2v) is 4.92. The molecule has 1 saturated heterocycles. The molecule has 1 unspecified atom stereocenters. The maximum absolute atomic E-state index is 11.9. The second kappa shape index (κ2) is 7.06. The zero-order valence-corrected chi connectivity index (χ0v) is 11.3. The predicted molar refractivity (Wildman–Crippen MR) is 65.8 cm³/mol. The lowest BCUT2D eigenvalue weighted by Crippen LogP contribution is -2.54. The third kappa shape index (κ3) is 6.74. The van der Waals surface area contributed by atoms with Crippen LogP contribution in [0.15, 0.2) is 0 Å². The standard InChI is InChI=1S/C11H21F3N4O/c1-17-3-4-18(2)9(7-17)5-15-6-10(19)16-8-11(12,13)14/h9,15H,3-8H2,1-2H3,(H,16,19). The first-order valence-electron chi connectivity index (χ1n) is 6.21. The first-order valence-corrected chi connectivity index (χ1v) is 6.21. The van der Waals surface area contributed by atoms with E-state index in [0.717, 1.165) is 19.6 Å². The van der Waals surface area contributed by atoms with Crippen LogP contribution in [0.2, 0.25) is 0 Å². The maximum atomic E-state index is 11.9. The van der Waals surface area contributed by atoms with Crippen molar-refractivity contribution >= 4 is 5.91 Å². The molecular weight excluding hydrogens is 261 g/mol. The van der Waals surface area contributed by atoms with Gasteiger partial charge in [-0.05, 0) is 14.1 Å². The summed E-state index contributed by atoms with van der Waals surface area (Å²) in [6.45, 7) is 2.04. The monoisotopic (exact) mass is 282 g/mol. The van der Waals surface area contributed by atoms with Crippen molar-refractivity contribution in [2.75, 3.05) is 53.4 Å². The molecule has 0 aromatic rings. The highest BCUT2D eigenvalue weighted by Gasteiger charge is 2.27. The van der Waals surface area contributed by atoms with Crippen LogP contribution in [0.3, 0.4) is 0 Å². The normalized spacial score (nSPS) is 22.5. The molecule has 0 radical (unpaired) electrons. The quantitative estimate of drug-likeness (QED) is 0.714. The average molecular weight is 282 g/mol. The Balaban J connectivity index is 2.17. The van der Waals surface area contributed by atoms with Crippen LogP contribution in [-0.2, 0) is 4.79 Å². The molecule has 1 rings (SSSR count). The van der Waals surface area contributed by atoms with Gasteiger partial charge in [0.05, 0.1) is 6.54 Å². The molecule has 0 aromatic carbocycles. The lowest BCUT2D eigenvalue weighted by molar-refractivity contribution is -0.137. The number of nitrogens with one attached hydrogen (secondary N) is 2. The summed E-state index contributed by atoms with van der Waals surface area (Å²) in [5, 5.41) is 4.72. The average Bonchev–Trinajstić information content (AvgIpc) is 2.30. The van der Waals surface area contributed by atoms with Gasteiger partial charge >= 0.3 is 6.18 Å². The van der Waals surface area contributed by atoms with Crippen molar-refractivity contribution in [1.82, 2.24) is 20.4 Å². The van der Waals surface area contributed by atoms with Crippen LogP contribution in [0.25, 0.3) is 0 Å². The van der Waals surface area contributed by atoms with Crippen molar-refractivity contribution in [3.63, 3.8) is 0 Å². The van der Waals surface area contributed by atoms with E-state index >= 15 is 0 Å². The number of rotatable bonds is 5. The van der Waals surface area contributed by atoms with Gasteiger partial charge in [0.2, 0.25) is 5.91 Å². The summed E-state index contributed by atoms with van der Waals surface area (Å²) in [5.74, 6) is -0.635. The van der Waals surface area contributed by atoms with Crippen LogP contribution in [0, 0.1) is 0 Å². The topological polar surface area (TPSA) is 47.6 Å². The summed E-state index contributed by atoms with van der Waals surface area (Å²) in [4.78, 5) is 15.6. The number of carbonyl (C=O) groups is 1. The fourth-order valence-electron chi connectivity index (χ4n) is 1.94. The highest BCUT2D eigenvalue weighted by molar-refractivity contribution is 5.77. The molecule has 0 aromatic heterocycles. The zero-order chi connectivity index (χ0) is 14.5. The largest absolute Gasteiger partial charge is 0.405 e. The number of nitrogens with zero attached hydrogens (tertiary/aromatic N) is 2. The Labute approximate surface area is 111 Å². The third-order valence-electron chi connectivity index (χ3n) is 3.13. The van der Waals surface area contributed by atoms with E-state index in [1.54, 1.807) is 0 Å². The van der Waals surface area contributed by atoms with Gasteiger partial charge in [0, 0.05) is 32.2 Å². The van der Waals surface area contributed by atoms with Gasteiger partial charge in [0.1, 0.15) is 6.54 Å². The number of halogens is 3. The van der Waals surface area contributed by atoms with Crippen molar-refractivity contribution in [3.8, 4) is 0 Å². The molecule has 19 heavy (non-hydrogen) atoms. The summed E-state index contributed by atoms with van der Waals surface area (Å²) >= 11 is 0. The van der Waals surface area contributed by atoms with E-state index in [9.17, 15) is 18.0 Å². The number of amides is 1. The smallest absolute Gasteiger partial charge is 0.346 e. The molecule has 0 bridgehead atoms. The molecule has 1 atom stereocenters. The number of likely N-dealkylation sites (N-methyl/N-ethyl adjacent to an activating group) is 2. The van der Waals surface area contributed by atoms with Crippen molar-refractivity contribution in [1.29, 1.82) is 0 Å². The van der Waals surface area contributed by atoms with Gasteiger partial charge in [-0.15, -0.1) is 0 Å². The molecule has 0 spiro atoms. The van der Waals surface area contributed by atoms with Gasteiger partial charge in [-0.25, -0.2) is 0 Å². The molecule has 0 aliphatic carbocycles. The number of alkyl halides is 3. The zero-order valence-electron chi connectivity index (χ0n) is 11.3. The molecule has 1 heterocycles. The molecule has 1 aliphatic rings. The lowest BCUT2D eigenvalue weighted by Gasteiger charge is -2.37. The minimum absolute atomic E-state index is 0.0931. The van der Waals surface area contributed by atoms with Crippen LogP contribution in [-0.4, -0.2) is 81.3 Å². The summed E-state index contributed by atoms with van der Waals surface area (Å²) in [6.07, 6.45) is -4.36. The highest BCUT2D eigenvalue weighted by Crippen LogP contribution is 2.11. The first-order chi connectivity index (χ1) is 8.78. The highest BCUT2D eigenvalue weighted by atomic mass is 19.4. The molecule has 1 amide bonds. The van der Waals surface area contributed by atoms with E-state index in [1.807, 2.05) is 19.4 Å². The SMILES string of the molecule is CN1CCN(C)C(CNCC(=O)NCC(F)(F)F)C1. The minimum Gasteiger partial charge on any atom is -0.346 e. The summed E-state index contributed by atoms with van der Waals surface area (Å²) in [5.41, 5.74) is 0. The Morgan fingerprint density at radius 3 is 2.63 bits per heavy atom. The predicted octanol–water partition coefficient (Wildman–Crippen LogP) is -0.500. The number of carbonyl (C=O) groups excluding carboxylic acids is 1. The maximum Gasteiger partial charge on any atom is 0.405 e. The fourth-order valence-corrected chi connectivity index (χ4v) is 1.94. The van der Waals surface area contributed by atoms with Crippen molar-refractivity contribution in [2.24, 2.45) is 0 Å². The third-order valence-corrected chi connectivity index (χ3v) is 3.13. The van der Waals surface area contributed by atoms with Crippen molar-refractivity contribution in [3.05, 3.63) is 0 Å². The van der Waals surface area contributed by atoms with Gasteiger partial charge < -0.3 is 15.5 Å². The van der Waals surface area contributed by atoms with Crippen LogP contribution in [0.1, 0.15) is 0 Å². The molecule has 0 saturated carbocycles. The van der Waals surface area contributed by atoms with E-state index in [0.29, 0.717) is 6.54 Å². The van der Waals surface area contributed by atoms with Crippen LogP contribution in [0.4, 0.5) is 13.2 Å². The summed E-state index contributed by atoms with van der Waals surface area (Å²) in [7, 11) is 4.03. The molecule has 5 nitrogen and oxygen atoms in total. The van der Waals surface area contributed by atoms with Crippen LogP contribution in [0.5, 0.6) is 0 Å². The van der Waals surface area contributed by atoms with Crippen molar-refractivity contribution < 1.29 is 18.0 Å². The molecular formula is C11H21F3N4O. The van der Waals surface area contributed by atoms with Gasteiger partial charge in [-0.1, -0.05) is 0 Å². The summed E-state index contributed by atoms with van der Waals surface area (Å²) in [6, 6.07) is 0.272.